The average molecular weight is 352 g/mol. The molecular formula is C15H18BrN3S. The van der Waals surface area contributed by atoms with E-state index in [4.69, 9.17) is 0 Å². The molecule has 3 nitrogen and oxygen atoms in total. The predicted molar refractivity (Wildman–Crippen MR) is 91.5 cm³/mol. The van der Waals surface area contributed by atoms with Crippen LogP contribution in [0.4, 0.5) is 5.13 Å². The summed E-state index contributed by atoms with van der Waals surface area (Å²) in [5.74, 6) is 0. The molecule has 106 valence electrons. The number of halogens is 1. The highest BCUT2D eigenvalue weighted by Gasteiger charge is 2.04. The molecule has 0 atom stereocenters. The summed E-state index contributed by atoms with van der Waals surface area (Å²) in [5, 5.41) is 7.24. The Labute approximate surface area is 132 Å². The maximum absolute atomic E-state index is 4.55. The number of thiazole rings is 1. The van der Waals surface area contributed by atoms with Crippen LogP contribution in [0.25, 0.3) is 11.3 Å². The van der Waals surface area contributed by atoms with Crippen LogP contribution in [-0.2, 0) is 0 Å². The van der Waals surface area contributed by atoms with Gasteiger partial charge >= 0.3 is 0 Å². The van der Waals surface area contributed by atoms with Gasteiger partial charge in [0.05, 0.1) is 5.69 Å². The summed E-state index contributed by atoms with van der Waals surface area (Å²) in [4.78, 5) is 4.55. The molecule has 1 aromatic carbocycles. The largest absolute Gasteiger partial charge is 0.253 e. The highest BCUT2D eigenvalue weighted by atomic mass is 79.9. The van der Waals surface area contributed by atoms with Crippen molar-refractivity contribution in [1.82, 2.24) is 4.98 Å². The Bertz CT molecular complexity index is 575. The predicted octanol–water partition coefficient (Wildman–Crippen LogP) is 5.55. The standard InChI is InChI=1S/C15H18BrN3S/c1-3-4-5-11(2)18-19-15-17-14(10-20-15)12-6-8-13(16)9-7-12/h6-10H,3-5H2,1-2H3,(H,17,19)/b18-11+. The van der Waals surface area contributed by atoms with E-state index in [2.05, 4.69) is 50.5 Å². The van der Waals surface area contributed by atoms with Crippen LogP contribution < -0.4 is 5.43 Å². The molecular weight excluding hydrogens is 334 g/mol. The Hall–Kier alpha value is -1.20. The Morgan fingerprint density at radius 3 is 2.80 bits per heavy atom. The van der Waals surface area contributed by atoms with Crippen molar-refractivity contribution in [1.29, 1.82) is 0 Å². The molecule has 0 aliphatic heterocycles. The second-order valence-corrected chi connectivity index (χ2v) is 6.38. The maximum Gasteiger partial charge on any atom is 0.203 e. The fourth-order valence-electron chi connectivity index (χ4n) is 1.71. The van der Waals surface area contributed by atoms with Gasteiger partial charge in [-0.3, -0.25) is 5.43 Å². The minimum atomic E-state index is 0.832. The highest BCUT2D eigenvalue weighted by Crippen LogP contribution is 2.26. The number of unbranched alkanes of at least 4 members (excludes halogenated alkanes) is 1. The van der Waals surface area contributed by atoms with Crippen molar-refractivity contribution in [3.05, 3.63) is 34.1 Å². The third-order valence-corrected chi connectivity index (χ3v) is 4.15. The van der Waals surface area contributed by atoms with Gasteiger partial charge in [0.25, 0.3) is 0 Å². The zero-order valence-electron chi connectivity index (χ0n) is 11.7. The number of nitrogens with one attached hydrogen (secondary N) is 1. The van der Waals surface area contributed by atoms with E-state index in [0.717, 1.165) is 33.0 Å². The first-order chi connectivity index (χ1) is 9.69. The molecule has 1 heterocycles. The van der Waals surface area contributed by atoms with Gasteiger partial charge < -0.3 is 0 Å². The Morgan fingerprint density at radius 2 is 2.10 bits per heavy atom. The van der Waals surface area contributed by atoms with Crippen molar-refractivity contribution in [3.8, 4) is 11.3 Å². The molecule has 0 aliphatic carbocycles. The second-order valence-electron chi connectivity index (χ2n) is 4.61. The number of aromatic nitrogens is 1. The van der Waals surface area contributed by atoms with Crippen molar-refractivity contribution in [3.63, 3.8) is 0 Å². The van der Waals surface area contributed by atoms with E-state index in [1.807, 2.05) is 24.4 Å². The first-order valence-electron chi connectivity index (χ1n) is 6.69. The van der Waals surface area contributed by atoms with Crippen molar-refractivity contribution in [2.75, 3.05) is 5.43 Å². The highest BCUT2D eigenvalue weighted by molar-refractivity contribution is 9.10. The van der Waals surface area contributed by atoms with Crippen LogP contribution in [0.5, 0.6) is 0 Å². The molecule has 0 aliphatic rings. The van der Waals surface area contributed by atoms with Gasteiger partial charge in [-0.25, -0.2) is 4.98 Å². The van der Waals surface area contributed by atoms with Gasteiger partial charge in [-0.15, -0.1) is 11.3 Å². The normalized spacial score (nSPS) is 11.7. The minimum absolute atomic E-state index is 0.832. The minimum Gasteiger partial charge on any atom is -0.253 e. The fourth-order valence-corrected chi connectivity index (χ4v) is 2.64. The summed E-state index contributed by atoms with van der Waals surface area (Å²) < 4.78 is 1.07. The SMILES string of the molecule is CCCC/C(C)=N/Nc1nc(-c2ccc(Br)cc2)cs1. The molecule has 0 saturated carbocycles. The molecule has 0 bridgehead atoms. The lowest BCUT2D eigenvalue weighted by molar-refractivity contribution is 0.832. The number of nitrogens with zero attached hydrogens (tertiary/aromatic N) is 2. The summed E-state index contributed by atoms with van der Waals surface area (Å²) in [5.41, 5.74) is 6.25. The molecule has 0 radical (unpaired) electrons. The van der Waals surface area contributed by atoms with Gasteiger partial charge in [-0.05, 0) is 31.9 Å². The number of rotatable bonds is 6. The van der Waals surface area contributed by atoms with E-state index >= 15 is 0 Å². The van der Waals surface area contributed by atoms with Crippen molar-refractivity contribution in [2.45, 2.75) is 33.1 Å². The van der Waals surface area contributed by atoms with Gasteiger partial charge in [0.2, 0.25) is 5.13 Å². The summed E-state index contributed by atoms with van der Waals surface area (Å²) in [7, 11) is 0. The molecule has 0 saturated heterocycles. The van der Waals surface area contributed by atoms with Crippen LogP contribution in [0.1, 0.15) is 33.1 Å². The molecule has 1 N–H and O–H groups in total. The Morgan fingerprint density at radius 1 is 1.35 bits per heavy atom. The monoisotopic (exact) mass is 351 g/mol. The van der Waals surface area contributed by atoms with E-state index < -0.39 is 0 Å². The topological polar surface area (TPSA) is 37.3 Å². The molecule has 5 heteroatoms. The van der Waals surface area contributed by atoms with Crippen molar-refractivity contribution < 1.29 is 0 Å². The number of anilines is 1. The molecule has 0 unspecified atom stereocenters. The van der Waals surface area contributed by atoms with E-state index in [0.29, 0.717) is 0 Å². The molecule has 20 heavy (non-hydrogen) atoms. The molecule has 0 amide bonds. The van der Waals surface area contributed by atoms with Crippen LogP contribution in [0, 0.1) is 0 Å². The van der Waals surface area contributed by atoms with Gasteiger partial charge in [0.15, 0.2) is 0 Å². The lowest BCUT2D eigenvalue weighted by Crippen LogP contribution is -1.97. The van der Waals surface area contributed by atoms with E-state index in [-0.39, 0.29) is 0 Å². The Kier molecular flexibility index (Phi) is 5.73. The number of hydrogen-bond donors (Lipinski definition) is 1. The molecule has 0 spiro atoms. The number of hydrogen-bond acceptors (Lipinski definition) is 4. The van der Waals surface area contributed by atoms with Crippen LogP contribution >= 0.6 is 27.3 Å². The summed E-state index contributed by atoms with van der Waals surface area (Å²) in [6.45, 7) is 4.23. The van der Waals surface area contributed by atoms with Crippen LogP contribution in [0.3, 0.4) is 0 Å². The zero-order valence-corrected chi connectivity index (χ0v) is 14.1. The lowest BCUT2D eigenvalue weighted by Gasteiger charge is -1.99. The molecule has 2 aromatic rings. The van der Waals surface area contributed by atoms with Gasteiger partial charge in [0, 0.05) is 21.1 Å². The van der Waals surface area contributed by atoms with Crippen LogP contribution in [0.15, 0.2) is 39.2 Å². The van der Waals surface area contributed by atoms with Crippen LogP contribution in [-0.4, -0.2) is 10.7 Å². The summed E-state index contributed by atoms with van der Waals surface area (Å²) in [6, 6.07) is 8.15. The van der Waals surface area contributed by atoms with Gasteiger partial charge in [0.1, 0.15) is 0 Å². The molecule has 2 rings (SSSR count). The van der Waals surface area contributed by atoms with E-state index in [1.54, 1.807) is 11.3 Å². The Balaban J connectivity index is 2.00. The van der Waals surface area contributed by atoms with E-state index in [9.17, 15) is 0 Å². The smallest absolute Gasteiger partial charge is 0.203 e. The number of benzene rings is 1. The lowest BCUT2D eigenvalue weighted by atomic mass is 10.2. The third-order valence-electron chi connectivity index (χ3n) is 2.88. The quantitative estimate of drug-likeness (QED) is 0.547. The molecule has 1 aromatic heterocycles. The van der Waals surface area contributed by atoms with Crippen molar-refractivity contribution in [2.24, 2.45) is 5.10 Å². The first-order valence-corrected chi connectivity index (χ1v) is 8.37. The summed E-state index contributed by atoms with van der Waals surface area (Å²) >= 11 is 5.01. The van der Waals surface area contributed by atoms with Crippen LogP contribution in [0.2, 0.25) is 0 Å². The van der Waals surface area contributed by atoms with Gasteiger partial charge in [-0.2, -0.15) is 5.10 Å². The maximum atomic E-state index is 4.55. The van der Waals surface area contributed by atoms with Gasteiger partial charge in [-0.1, -0.05) is 41.4 Å². The summed E-state index contributed by atoms with van der Waals surface area (Å²) in [6.07, 6.45) is 3.41. The molecule has 0 fully saturated rings. The first kappa shape index (κ1) is 15.2. The number of hydrazone groups is 1. The fraction of sp³-hybridized carbons (Fsp3) is 0.333. The second kappa shape index (κ2) is 7.55. The van der Waals surface area contributed by atoms with Crippen molar-refractivity contribution >= 4 is 38.1 Å². The average Bonchev–Trinajstić information content (AvgIpc) is 2.92. The third kappa shape index (κ3) is 4.42. The zero-order chi connectivity index (χ0) is 14.4. The van der Waals surface area contributed by atoms with E-state index in [1.165, 1.54) is 12.8 Å².